The first-order valence-electron chi connectivity index (χ1n) is 9.58. The molecule has 0 bridgehead atoms. The van der Waals surface area contributed by atoms with Gasteiger partial charge >= 0.3 is 12.6 Å². The first-order valence-corrected chi connectivity index (χ1v) is 11.0. The lowest BCUT2D eigenvalue weighted by Gasteiger charge is -2.34. The SMILES string of the molecule is O=C(NCCc1ccc(OC(F)F)cc1)N1CCN(S(=O)(=O)c2ccccc2F)CC1. The molecule has 7 nitrogen and oxygen atoms in total. The van der Waals surface area contributed by atoms with Crippen LogP contribution in [0.5, 0.6) is 5.75 Å². The number of amides is 2. The number of carbonyl (C=O) groups is 1. The lowest BCUT2D eigenvalue weighted by molar-refractivity contribution is -0.0498. The van der Waals surface area contributed by atoms with E-state index in [0.29, 0.717) is 13.0 Å². The second kappa shape index (κ2) is 10.0. The van der Waals surface area contributed by atoms with Gasteiger partial charge in [0.2, 0.25) is 10.0 Å². The Hall–Kier alpha value is -2.79. The van der Waals surface area contributed by atoms with Gasteiger partial charge in [0.05, 0.1) is 0 Å². The number of piperazine rings is 1. The highest BCUT2D eigenvalue weighted by Gasteiger charge is 2.31. The molecule has 11 heteroatoms. The number of hydrogen-bond donors (Lipinski definition) is 1. The Morgan fingerprint density at radius 2 is 1.68 bits per heavy atom. The zero-order valence-corrected chi connectivity index (χ0v) is 17.3. The average Bonchev–Trinajstić information content (AvgIpc) is 2.75. The summed E-state index contributed by atoms with van der Waals surface area (Å²) in [6.07, 6.45) is 0.488. The maximum absolute atomic E-state index is 13.9. The van der Waals surface area contributed by atoms with Crippen molar-refractivity contribution in [1.29, 1.82) is 0 Å². The maximum Gasteiger partial charge on any atom is 0.387 e. The lowest BCUT2D eigenvalue weighted by Crippen LogP contribution is -2.53. The number of nitrogens with zero attached hydrogens (tertiary/aromatic N) is 2. The van der Waals surface area contributed by atoms with E-state index in [2.05, 4.69) is 10.1 Å². The summed E-state index contributed by atoms with van der Waals surface area (Å²) in [6, 6.07) is 11.0. The smallest absolute Gasteiger partial charge is 0.387 e. The number of carbonyl (C=O) groups excluding carboxylic acids is 1. The third-order valence-corrected chi connectivity index (χ3v) is 6.75. The molecule has 0 saturated carbocycles. The number of halogens is 3. The molecule has 0 aromatic heterocycles. The molecule has 31 heavy (non-hydrogen) atoms. The predicted octanol–water partition coefficient (Wildman–Crippen LogP) is 2.69. The first kappa shape index (κ1) is 22.9. The van der Waals surface area contributed by atoms with Crippen molar-refractivity contribution in [3.63, 3.8) is 0 Å². The molecule has 0 radical (unpaired) electrons. The molecule has 168 valence electrons. The van der Waals surface area contributed by atoms with Gasteiger partial charge in [0.1, 0.15) is 16.5 Å². The van der Waals surface area contributed by atoms with Crippen molar-refractivity contribution in [2.75, 3.05) is 32.7 Å². The minimum absolute atomic E-state index is 0.0611. The highest BCUT2D eigenvalue weighted by molar-refractivity contribution is 7.89. The average molecular weight is 457 g/mol. The fraction of sp³-hybridized carbons (Fsp3) is 0.350. The fourth-order valence-corrected chi connectivity index (χ4v) is 4.67. The van der Waals surface area contributed by atoms with Crippen LogP contribution in [0.3, 0.4) is 0 Å². The topological polar surface area (TPSA) is 79.0 Å². The van der Waals surface area contributed by atoms with Gasteiger partial charge in [-0.3, -0.25) is 0 Å². The van der Waals surface area contributed by atoms with Gasteiger partial charge in [0, 0.05) is 32.7 Å². The van der Waals surface area contributed by atoms with E-state index in [1.54, 1.807) is 12.1 Å². The number of benzene rings is 2. The van der Waals surface area contributed by atoms with Crippen molar-refractivity contribution >= 4 is 16.1 Å². The van der Waals surface area contributed by atoms with E-state index in [1.807, 2.05) is 0 Å². The van der Waals surface area contributed by atoms with Gasteiger partial charge in [-0.05, 0) is 36.2 Å². The lowest BCUT2D eigenvalue weighted by atomic mass is 10.1. The fourth-order valence-electron chi connectivity index (χ4n) is 3.19. The van der Waals surface area contributed by atoms with Crippen molar-refractivity contribution < 1.29 is 31.1 Å². The Kier molecular flexibility index (Phi) is 7.39. The summed E-state index contributed by atoms with van der Waals surface area (Å²) in [5.74, 6) is -0.748. The van der Waals surface area contributed by atoms with Gasteiger partial charge in [-0.25, -0.2) is 17.6 Å². The molecular weight excluding hydrogens is 435 g/mol. The normalized spacial score (nSPS) is 15.2. The largest absolute Gasteiger partial charge is 0.435 e. The van der Waals surface area contributed by atoms with E-state index in [0.717, 1.165) is 15.9 Å². The third-order valence-electron chi connectivity index (χ3n) is 4.82. The van der Waals surface area contributed by atoms with Crippen molar-refractivity contribution in [3.8, 4) is 5.75 Å². The summed E-state index contributed by atoms with van der Waals surface area (Å²) >= 11 is 0. The molecular formula is C20H22F3N3O4S. The molecule has 1 aliphatic heterocycles. The minimum atomic E-state index is -3.96. The molecule has 2 aromatic carbocycles. The molecule has 1 aliphatic rings. The zero-order chi connectivity index (χ0) is 22.4. The van der Waals surface area contributed by atoms with Crippen LogP contribution in [0.15, 0.2) is 53.4 Å². The van der Waals surface area contributed by atoms with E-state index in [4.69, 9.17) is 0 Å². The van der Waals surface area contributed by atoms with Crippen LogP contribution in [0.1, 0.15) is 5.56 Å². The molecule has 0 atom stereocenters. The van der Waals surface area contributed by atoms with Crippen LogP contribution in [0.2, 0.25) is 0 Å². The molecule has 0 spiro atoms. The molecule has 2 aromatic rings. The molecule has 1 N–H and O–H groups in total. The maximum atomic E-state index is 13.9. The standard InChI is InChI=1S/C20H22F3N3O4S/c21-17-3-1-2-4-18(17)31(28,29)26-13-11-25(12-14-26)20(27)24-10-9-15-5-7-16(8-6-15)30-19(22)23/h1-8,19H,9-14H2,(H,24,27). The van der Waals surface area contributed by atoms with Crippen molar-refractivity contribution in [2.24, 2.45) is 0 Å². The van der Waals surface area contributed by atoms with Gasteiger partial charge in [0.15, 0.2) is 0 Å². The molecule has 2 amide bonds. The number of hydrogen-bond acceptors (Lipinski definition) is 4. The molecule has 1 heterocycles. The Morgan fingerprint density at radius 3 is 2.29 bits per heavy atom. The van der Waals surface area contributed by atoms with E-state index in [-0.39, 0.29) is 42.9 Å². The number of sulfonamides is 1. The van der Waals surface area contributed by atoms with Gasteiger partial charge in [-0.15, -0.1) is 0 Å². The predicted molar refractivity (Wildman–Crippen MR) is 107 cm³/mol. The van der Waals surface area contributed by atoms with Crippen LogP contribution in [0, 0.1) is 5.82 Å². The van der Waals surface area contributed by atoms with Crippen LogP contribution < -0.4 is 10.1 Å². The van der Waals surface area contributed by atoms with Crippen molar-refractivity contribution in [1.82, 2.24) is 14.5 Å². The van der Waals surface area contributed by atoms with Gasteiger partial charge < -0.3 is 15.0 Å². The number of alkyl halides is 2. The van der Waals surface area contributed by atoms with Crippen LogP contribution in [0.25, 0.3) is 0 Å². The summed E-state index contributed by atoms with van der Waals surface area (Å²) in [4.78, 5) is 13.4. The second-order valence-electron chi connectivity index (χ2n) is 6.83. The van der Waals surface area contributed by atoms with Crippen LogP contribution in [0.4, 0.5) is 18.0 Å². The van der Waals surface area contributed by atoms with Crippen LogP contribution >= 0.6 is 0 Å². The van der Waals surface area contributed by atoms with Gasteiger partial charge in [0.25, 0.3) is 0 Å². The number of urea groups is 1. The van der Waals surface area contributed by atoms with E-state index >= 15 is 0 Å². The Bertz CT molecular complexity index is 995. The summed E-state index contributed by atoms with van der Waals surface area (Å²) in [5.41, 5.74) is 0.836. The monoisotopic (exact) mass is 457 g/mol. The number of ether oxygens (including phenoxy) is 1. The van der Waals surface area contributed by atoms with Gasteiger partial charge in [-0.2, -0.15) is 13.1 Å². The molecule has 3 rings (SSSR count). The molecule has 0 unspecified atom stereocenters. The van der Waals surface area contributed by atoms with Crippen LogP contribution in [-0.4, -0.2) is 63.0 Å². The summed E-state index contributed by atoms with van der Waals surface area (Å²) in [6.45, 7) is -2.07. The Balaban J connectivity index is 1.45. The van der Waals surface area contributed by atoms with Crippen molar-refractivity contribution in [3.05, 3.63) is 59.9 Å². The first-order chi connectivity index (χ1) is 14.8. The molecule has 1 fully saturated rings. The van der Waals surface area contributed by atoms with E-state index < -0.39 is 22.5 Å². The molecule has 1 saturated heterocycles. The highest BCUT2D eigenvalue weighted by Crippen LogP contribution is 2.20. The summed E-state index contributed by atoms with van der Waals surface area (Å²) < 4.78 is 68.9. The van der Waals surface area contributed by atoms with E-state index in [1.165, 1.54) is 35.2 Å². The van der Waals surface area contributed by atoms with Gasteiger partial charge in [-0.1, -0.05) is 24.3 Å². The highest BCUT2D eigenvalue weighted by atomic mass is 32.2. The van der Waals surface area contributed by atoms with Crippen LogP contribution in [-0.2, 0) is 16.4 Å². The minimum Gasteiger partial charge on any atom is -0.435 e. The Morgan fingerprint density at radius 1 is 1.03 bits per heavy atom. The summed E-state index contributed by atoms with van der Waals surface area (Å²) in [7, 11) is -3.96. The van der Waals surface area contributed by atoms with Crippen molar-refractivity contribution in [2.45, 2.75) is 17.9 Å². The van der Waals surface area contributed by atoms with E-state index in [9.17, 15) is 26.4 Å². The second-order valence-corrected chi connectivity index (χ2v) is 8.73. The third kappa shape index (κ3) is 5.88. The Labute approximate surface area is 178 Å². The number of rotatable bonds is 7. The molecule has 0 aliphatic carbocycles. The quantitative estimate of drug-likeness (QED) is 0.694. The summed E-state index contributed by atoms with van der Waals surface area (Å²) in [5, 5.41) is 2.75. The zero-order valence-electron chi connectivity index (χ0n) is 16.5. The number of nitrogens with one attached hydrogen (secondary N) is 1.